The fourth-order valence-corrected chi connectivity index (χ4v) is 1.29. The van der Waals surface area contributed by atoms with Crippen LogP contribution in [-0.2, 0) is 0 Å². The first-order chi connectivity index (χ1) is 6.81. The Bertz CT molecular complexity index is 490. The first kappa shape index (κ1) is 8.50. The van der Waals surface area contributed by atoms with Gasteiger partial charge in [-0.05, 0) is 11.5 Å². The zero-order valence-electron chi connectivity index (χ0n) is 7.51. The number of fused-ring (bicyclic) bond motifs is 1. The van der Waals surface area contributed by atoms with Crippen LogP contribution in [0.2, 0.25) is 0 Å². The van der Waals surface area contributed by atoms with Crippen LogP contribution in [0.4, 0.5) is 0 Å². The van der Waals surface area contributed by atoms with E-state index in [1.165, 1.54) is 0 Å². The molecule has 70 valence electrons. The summed E-state index contributed by atoms with van der Waals surface area (Å²) >= 11 is 0. The lowest BCUT2D eigenvalue weighted by Crippen LogP contribution is -2.16. The minimum Gasteiger partial charge on any atom is -0.380 e. The topological polar surface area (TPSA) is 77.3 Å². The number of amidine groups is 1. The predicted octanol–water partition coefficient (Wildman–Crippen LogP) is 0.814. The van der Waals surface area contributed by atoms with Crippen LogP contribution in [0.3, 0.4) is 0 Å². The van der Waals surface area contributed by atoms with Crippen LogP contribution < -0.4 is 11.6 Å². The van der Waals surface area contributed by atoms with E-state index in [2.05, 4.69) is 10.1 Å². The van der Waals surface area contributed by atoms with Crippen LogP contribution in [0.1, 0.15) is 5.69 Å². The molecule has 0 bridgehead atoms. The predicted molar refractivity (Wildman–Crippen MR) is 56.7 cm³/mol. The average molecular weight is 186 g/mol. The van der Waals surface area contributed by atoms with Crippen LogP contribution in [0.5, 0.6) is 0 Å². The smallest absolute Gasteiger partial charge is 0.168 e. The van der Waals surface area contributed by atoms with E-state index < -0.39 is 0 Å². The molecule has 2 rings (SSSR count). The Morgan fingerprint density at radius 2 is 1.93 bits per heavy atom. The lowest BCUT2D eigenvalue weighted by molar-refractivity contribution is 1.20. The largest absolute Gasteiger partial charge is 0.380 e. The second kappa shape index (κ2) is 3.33. The lowest BCUT2D eigenvalue weighted by Gasteiger charge is -2.00. The molecule has 1 aromatic heterocycles. The quantitative estimate of drug-likeness (QED) is 0.299. The maximum atomic E-state index is 5.55. The number of hydrazone groups is 1. The summed E-state index contributed by atoms with van der Waals surface area (Å²) in [6, 6.07) is 9.76. The monoisotopic (exact) mass is 186 g/mol. The zero-order chi connectivity index (χ0) is 9.97. The summed E-state index contributed by atoms with van der Waals surface area (Å²) in [6.07, 6.45) is 1.75. The van der Waals surface area contributed by atoms with Gasteiger partial charge in [0.2, 0.25) is 0 Å². The van der Waals surface area contributed by atoms with E-state index in [-0.39, 0.29) is 5.84 Å². The Morgan fingerprint density at radius 1 is 1.21 bits per heavy atom. The fourth-order valence-electron chi connectivity index (χ4n) is 1.29. The van der Waals surface area contributed by atoms with Crippen molar-refractivity contribution in [2.45, 2.75) is 0 Å². The van der Waals surface area contributed by atoms with Crippen LogP contribution >= 0.6 is 0 Å². The highest BCUT2D eigenvalue weighted by molar-refractivity contribution is 5.98. The molecule has 0 atom stereocenters. The van der Waals surface area contributed by atoms with Gasteiger partial charge < -0.3 is 11.6 Å². The lowest BCUT2D eigenvalue weighted by atomic mass is 10.1. The summed E-state index contributed by atoms with van der Waals surface area (Å²) in [5.41, 5.74) is 6.15. The highest BCUT2D eigenvalue weighted by atomic mass is 15.2. The minimum absolute atomic E-state index is 0.246. The summed E-state index contributed by atoms with van der Waals surface area (Å²) < 4.78 is 0. The van der Waals surface area contributed by atoms with E-state index in [4.69, 9.17) is 11.6 Å². The third kappa shape index (κ3) is 1.37. The van der Waals surface area contributed by atoms with Crippen molar-refractivity contribution in [3.05, 3.63) is 42.2 Å². The molecular weight excluding hydrogens is 176 g/mol. The molecule has 0 unspecified atom stereocenters. The maximum absolute atomic E-state index is 5.55. The summed E-state index contributed by atoms with van der Waals surface area (Å²) in [5, 5.41) is 5.54. The summed E-state index contributed by atoms with van der Waals surface area (Å²) in [4.78, 5) is 4.14. The Kier molecular flexibility index (Phi) is 2.02. The van der Waals surface area contributed by atoms with Crippen molar-refractivity contribution >= 4 is 16.6 Å². The van der Waals surface area contributed by atoms with Gasteiger partial charge in [0.1, 0.15) is 5.69 Å². The average Bonchev–Trinajstić information content (AvgIpc) is 2.27. The number of pyridine rings is 1. The Labute approximate surface area is 81.2 Å². The number of nitrogens with two attached hydrogens (primary N) is 2. The molecule has 0 saturated carbocycles. The molecule has 4 N–H and O–H groups in total. The standard InChI is InChI=1S/C10H10N4/c11-10(14-12)9-5-7-3-1-2-4-8(7)6-13-9/h1-6H,12H2,(H2,11,14). The van der Waals surface area contributed by atoms with E-state index in [9.17, 15) is 0 Å². The van der Waals surface area contributed by atoms with Crippen molar-refractivity contribution in [1.29, 1.82) is 0 Å². The normalized spacial score (nSPS) is 11.9. The van der Waals surface area contributed by atoms with Crippen molar-refractivity contribution in [3.63, 3.8) is 0 Å². The second-order valence-corrected chi connectivity index (χ2v) is 2.93. The summed E-state index contributed by atoms with van der Waals surface area (Å²) in [5.74, 6) is 5.32. The SMILES string of the molecule is N/N=C(\N)c1cc2ccccc2cn1. The highest BCUT2D eigenvalue weighted by Gasteiger charge is 2.00. The zero-order valence-corrected chi connectivity index (χ0v) is 7.51. The molecule has 0 aliphatic carbocycles. The van der Waals surface area contributed by atoms with Gasteiger partial charge in [-0.25, -0.2) is 0 Å². The molecule has 1 heterocycles. The van der Waals surface area contributed by atoms with Crippen molar-refractivity contribution in [1.82, 2.24) is 4.98 Å². The van der Waals surface area contributed by atoms with Gasteiger partial charge in [-0.15, -0.1) is 0 Å². The molecule has 4 nitrogen and oxygen atoms in total. The summed E-state index contributed by atoms with van der Waals surface area (Å²) in [6.45, 7) is 0. The van der Waals surface area contributed by atoms with Gasteiger partial charge in [-0.2, -0.15) is 5.10 Å². The van der Waals surface area contributed by atoms with Gasteiger partial charge in [0, 0.05) is 11.6 Å². The third-order valence-electron chi connectivity index (χ3n) is 2.03. The second-order valence-electron chi connectivity index (χ2n) is 2.93. The molecule has 14 heavy (non-hydrogen) atoms. The minimum atomic E-state index is 0.246. The number of nitrogens with zero attached hydrogens (tertiary/aromatic N) is 2. The van der Waals surface area contributed by atoms with Crippen LogP contribution in [0.25, 0.3) is 10.8 Å². The number of benzene rings is 1. The number of aromatic nitrogens is 1. The van der Waals surface area contributed by atoms with Crippen molar-refractivity contribution < 1.29 is 0 Å². The first-order valence-electron chi connectivity index (χ1n) is 4.20. The third-order valence-corrected chi connectivity index (χ3v) is 2.03. The van der Waals surface area contributed by atoms with Gasteiger partial charge in [-0.3, -0.25) is 4.98 Å². The van der Waals surface area contributed by atoms with Crippen molar-refractivity contribution in [2.24, 2.45) is 16.7 Å². The summed E-state index contributed by atoms with van der Waals surface area (Å²) in [7, 11) is 0. The molecule has 0 aliphatic rings. The molecule has 0 aliphatic heterocycles. The Balaban J connectivity index is 2.62. The molecule has 0 spiro atoms. The molecule has 0 radical (unpaired) electrons. The van der Waals surface area contributed by atoms with Crippen LogP contribution in [-0.4, -0.2) is 10.8 Å². The van der Waals surface area contributed by atoms with Gasteiger partial charge in [0.05, 0.1) is 0 Å². The van der Waals surface area contributed by atoms with Crippen molar-refractivity contribution in [2.75, 3.05) is 0 Å². The maximum Gasteiger partial charge on any atom is 0.168 e. The molecule has 0 saturated heterocycles. The van der Waals surface area contributed by atoms with Crippen molar-refractivity contribution in [3.8, 4) is 0 Å². The first-order valence-corrected chi connectivity index (χ1v) is 4.20. The number of hydrogen-bond donors (Lipinski definition) is 2. The fraction of sp³-hybridized carbons (Fsp3) is 0. The highest BCUT2D eigenvalue weighted by Crippen LogP contribution is 2.12. The Hall–Kier alpha value is -2.10. The van der Waals surface area contributed by atoms with E-state index in [0.29, 0.717) is 5.69 Å². The van der Waals surface area contributed by atoms with E-state index in [1.54, 1.807) is 6.20 Å². The van der Waals surface area contributed by atoms with E-state index in [1.807, 2.05) is 30.3 Å². The number of hydrogen-bond acceptors (Lipinski definition) is 3. The van der Waals surface area contributed by atoms with Gasteiger partial charge >= 0.3 is 0 Å². The molecule has 1 aromatic carbocycles. The number of rotatable bonds is 1. The van der Waals surface area contributed by atoms with Crippen LogP contribution in [0.15, 0.2) is 41.6 Å². The van der Waals surface area contributed by atoms with E-state index >= 15 is 0 Å². The van der Waals surface area contributed by atoms with Crippen LogP contribution in [0, 0.1) is 0 Å². The van der Waals surface area contributed by atoms with Gasteiger partial charge in [-0.1, -0.05) is 24.3 Å². The molecular formula is C10H10N4. The molecule has 4 heteroatoms. The molecule has 2 aromatic rings. The van der Waals surface area contributed by atoms with Gasteiger partial charge in [0.25, 0.3) is 0 Å². The Morgan fingerprint density at radius 3 is 2.64 bits per heavy atom. The molecule has 0 amide bonds. The van der Waals surface area contributed by atoms with E-state index in [0.717, 1.165) is 10.8 Å². The molecule has 0 fully saturated rings. The van der Waals surface area contributed by atoms with Gasteiger partial charge in [0.15, 0.2) is 5.84 Å².